The summed E-state index contributed by atoms with van der Waals surface area (Å²) in [5.41, 5.74) is 0.318. The monoisotopic (exact) mass is 170 g/mol. The van der Waals surface area contributed by atoms with Crippen LogP contribution in [0.3, 0.4) is 0 Å². The van der Waals surface area contributed by atoms with Crippen molar-refractivity contribution in [3.63, 3.8) is 0 Å². The maximum Gasteiger partial charge on any atom is 0.381 e. The molecule has 0 aliphatic carbocycles. The highest BCUT2D eigenvalue weighted by Crippen LogP contribution is 1.94. The number of rotatable bonds is 5. The van der Waals surface area contributed by atoms with E-state index < -0.39 is 5.97 Å². The van der Waals surface area contributed by atoms with Crippen molar-refractivity contribution < 1.29 is 14.6 Å². The Balaban J connectivity index is 3.43. The maximum atomic E-state index is 10.7. The normalized spacial score (nSPS) is 9.83. The molecule has 0 aromatic carbocycles. The van der Waals surface area contributed by atoms with Gasteiger partial charge in [0.2, 0.25) is 0 Å². The highest BCUT2D eigenvalue weighted by Gasteiger charge is 2.01. The molecule has 0 aliphatic heterocycles. The first-order valence-corrected chi connectivity index (χ1v) is 3.86. The number of hydrogen-bond donors (Lipinski definition) is 0. The lowest BCUT2D eigenvalue weighted by atomic mass is 10.3. The molecule has 12 heavy (non-hydrogen) atoms. The Morgan fingerprint density at radius 2 is 2.25 bits per heavy atom. The molecule has 0 N–H and O–H groups in total. The second kappa shape index (κ2) is 6.46. The lowest BCUT2D eigenvalue weighted by molar-refractivity contribution is -0.233. The Bertz CT molecular complexity index is 182. The first kappa shape index (κ1) is 10.8. The molecule has 3 nitrogen and oxygen atoms in total. The number of allylic oxidation sites excluding steroid dienone is 1. The molecule has 3 heteroatoms. The topological polar surface area (TPSA) is 35.5 Å². The van der Waals surface area contributed by atoms with Crippen LogP contribution >= 0.6 is 0 Å². The molecule has 0 unspecified atom stereocenters. The number of hydrogen-bond acceptors (Lipinski definition) is 3. The van der Waals surface area contributed by atoms with Crippen molar-refractivity contribution in [2.24, 2.45) is 0 Å². The SMILES string of the molecule is C=C(C)C(=O)OOC=CCCC. The van der Waals surface area contributed by atoms with E-state index in [0.29, 0.717) is 5.57 Å². The summed E-state index contributed by atoms with van der Waals surface area (Å²) in [7, 11) is 0. The molecule has 68 valence electrons. The van der Waals surface area contributed by atoms with Crippen LogP contribution in [0.1, 0.15) is 26.7 Å². The Labute approximate surface area is 72.6 Å². The minimum Gasteiger partial charge on any atom is -0.295 e. The van der Waals surface area contributed by atoms with Crippen molar-refractivity contribution >= 4 is 5.97 Å². The minimum absolute atomic E-state index is 0.318. The van der Waals surface area contributed by atoms with E-state index in [1.54, 1.807) is 13.0 Å². The zero-order valence-electron chi connectivity index (χ0n) is 7.50. The van der Waals surface area contributed by atoms with E-state index in [2.05, 4.69) is 16.4 Å². The van der Waals surface area contributed by atoms with Gasteiger partial charge < -0.3 is 0 Å². The van der Waals surface area contributed by atoms with Crippen molar-refractivity contribution in [1.82, 2.24) is 0 Å². The van der Waals surface area contributed by atoms with E-state index in [9.17, 15) is 4.79 Å². The van der Waals surface area contributed by atoms with Gasteiger partial charge in [-0.05, 0) is 19.4 Å². The zero-order chi connectivity index (χ0) is 9.40. The molecular formula is C9H14O3. The largest absolute Gasteiger partial charge is 0.381 e. The third-order valence-corrected chi connectivity index (χ3v) is 1.08. The lowest BCUT2D eigenvalue weighted by Crippen LogP contribution is -2.02. The van der Waals surface area contributed by atoms with Crippen LogP contribution in [0.4, 0.5) is 0 Å². The third kappa shape index (κ3) is 5.53. The second-order valence-corrected chi connectivity index (χ2v) is 2.41. The molecule has 0 saturated heterocycles. The molecule has 0 aliphatic rings. The highest BCUT2D eigenvalue weighted by molar-refractivity contribution is 5.86. The van der Waals surface area contributed by atoms with Crippen LogP contribution in [0, 0.1) is 0 Å². The van der Waals surface area contributed by atoms with Crippen LogP contribution in [0.5, 0.6) is 0 Å². The standard InChI is InChI=1S/C9H14O3/c1-4-5-6-7-11-12-9(10)8(2)3/h6-7H,2,4-5H2,1,3H3. The Kier molecular flexibility index (Phi) is 5.79. The van der Waals surface area contributed by atoms with Gasteiger partial charge in [-0.25, -0.2) is 9.68 Å². The summed E-state index contributed by atoms with van der Waals surface area (Å²) < 4.78 is 0. The van der Waals surface area contributed by atoms with Crippen molar-refractivity contribution in [2.75, 3.05) is 0 Å². The number of carbonyl (C=O) groups is 1. The van der Waals surface area contributed by atoms with E-state index in [0.717, 1.165) is 12.8 Å². The van der Waals surface area contributed by atoms with Gasteiger partial charge in [0.15, 0.2) is 0 Å². The second-order valence-electron chi connectivity index (χ2n) is 2.41. The third-order valence-electron chi connectivity index (χ3n) is 1.08. The van der Waals surface area contributed by atoms with Crippen molar-refractivity contribution in [3.05, 3.63) is 24.5 Å². The zero-order valence-corrected chi connectivity index (χ0v) is 7.50. The average Bonchev–Trinajstić information content (AvgIpc) is 2.03. The van der Waals surface area contributed by atoms with Crippen molar-refractivity contribution in [2.45, 2.75) is 26.7 Å². The fourth-order valence-corrected chi connectivity index (χ4v) is 0.417. The molecule has 0 bridgehead atoms. The molecule has 0 aromatic heterocycles. The summed E-state index contributed by atoms with van der Waals surface area (Å²) in [6.45, 7) is 6.99. The van der Waals surface area contributed by atoms with Gasteiger partial charge in [0.25, 0.3) is 0 Å². The van der Waals surface area contributed by atoms with Crippen LogP contribution < -0.4 is 0 Å². The first-order chi connectivity index (χ1) is 5.68. The fourth-order valence-electron chi connectivity index (χ4n) is 0.417. The fraction of sp³-hybridized carbons (Fsp3) is 0.444. The van der Waals surface area contributed by atoms with Crippen LogP contribution in [-0.4, -0.2) is 5.97 Å². The average molecular weight is 170 g/mol. The van der Waals surface area contributed by atoms with Gasteiger partial charge in [-0.2, -0.15) is 0 Å². The highest BCUT2D eigenvalue weighted by atomic mass is 17.2. The van der Waals surface area contributed by atoms with E-state index in [4.69, 9.17) is 0 Å². The van der Waals surface area contributed by atoms with Crippen LogP contribution in [0.15, 0.2) is 24.5 Å². The van der Waals surface area contributed by atoms with Gasteiger partial charge in [-0.1, -0.05) is 19.9 Å². The Hall–Kier alpha value is -1.25. The predicted molar refractivity (Wildman–Crippen MR) is 46.0 cm³/mol. The van der Waals surface area contributed by atoms with Gasteiger partial charge in [0.1, 0.15) is 6.26 Å². The molecule has 0 rings (SSSR count). The van der Waals surface area contributed by atoms with Crippen molar-refractivity contribution in [3.8, 4) is 0 Å². The van der Waals surface area contributed by atoms with Gasteiger partial charge in [-0.15, -0.1) is 0 Å². The Morgan fingerprint density at radius 3 is 2.75 bits per heavy atom. The maximum absolute atomic E-state index is 10.7. The lowest BCUT2D eigenvalue weighted by Gasteiger charge is -1.97. The molecule has 0 atom stereocenters. The van der Waals surface area contributed by atoms with Gasteiger partial charge in [0, 0.05) is 5.57 Å². The molecule has 0 amide bonds. The minimum atomic E-state index is -0.545. The molecular weight excluding hydrogens is 156 g/mol. The van der Waals surface area contributed by atoms with E-state index >= 15 is 0 Å². The molecule has 0 fully saturated rings. The summed E-state index contributed by atoms with van der Waals surface area (Å²) in [6, 6.07) is 0. The van der Waals surface area contributed by atoms with Crippen LogP contribution in [0.25, 0.3) is 0 Å². The summed E-state index contributed by atoms with van der Waals surface area (Å²) >= 11 is 0. The van der Waals surface area contributed by atoms with E-state index in [1.807, 2.05) is 6.92 Å². The molecule has 0 heterocycles. The van der Waals surface area contributed by atoms with Crippen LogP contribution in [0.2, 0.25) is 0 Å². The Morgan fingerprint density at radius 1 is 1.58 bits per heavy atom. The van der Waals surface area contributed by atoms with Crippen molar-refractivity contribution in [1.29, 1.82) is 0 Å². The molecule has 0 radical (unpaired) electrons. The number of carbonyl (C=O) groups excluding carboxylic acids is 1. The van der Waals surface area contributed by atoms with Gasteiger partial charge in [-0.3, -0.25) is 4.89 Å². The predicted octanol–water partition coefficient (Wildman–Crippen LogP) is 2.35. The van der Waals surface area contributed by atoms with Crippen LogP contribution in [-0.2, 0) is 14.6 Å². The summed E-state index contributed by atoms with van der Waals surface area (Å²) in [5.74, 6) is -0.545. The van der Waals surface area contributed by atoms with Gasteiger partial charge in [0.05, 0.1) is 0 Å². The number of unbranched alkanes of at least 4 members (excludes halogenated alkanes) is 1. The molecule has 0 saturated carbocycles. The van der Waals surface area contributed by atoms with E-state index in [-0.39, 0.29) is 0 Å². The first-order valence-electron chi connectivity index (χ1n) is 3.86. The smallest absolute Gasteiger partial charge is 0.295 e. The summed E-state index contributed by atoms with van der Waals surface area (Å²) in [6.07, 6.45) is 5.08. The summed E-state index contributed by atoms with van der Waals surface area (Å²) in [5, 5.41) is 0. The molecule has 0 aromatic rings. The molecule has 0 spiro atoms. The van der Waals surface area contributed by atoms with Gasteiger partial charge >= 0.3 is 5.97 Å². The summed E-state index contributed by atoms with van der Waals surface area (Å²) in [4.78, 5) is 19.5. The van der Waals surface area contributed by atoms with E-state index in [1.165, 1.54) is 6.26 Å². The quantitative estimate of drug-likeness (QED) is 0.275.